The fraction of sp³-hybridized carbons (Fsp3) is 0.900. The lowest BCUT2D eigenvalue weighted by Crippen LogP contribution is -2.21. The van der Waals surface area contributed by atoms with E-state index in [2.05, 4.69) is 0 Å². The molecule has 4 nitrogen and oxygen atoms in total. The van der Waals surface area contributed by atoms with Crippen molar-refractivity contribution in [3.63, 3.8) is 0 Å². The summed E-state index contributed by atoms with van der Waals surface area (Å²) in [5.41, 5.74) is 0. The molecule has 0 rings (SSSR count). The fourth-order valence-electron chi connectivity index (χ4n) is 3.01. The summed E-state index contributed by atoms with van der Waals surface area (Å²) in [6.07, 6.45) is 19.2. The van der Waals surface area contributed by atoms with Crippen LogP contribution in [0.2, 0.25) is 0 Å². The van der Waals surface area contributed by atoms with Gasteiger partial charge in [0.15, 0.2) is 0 Å². The molecule has 0 heterocycles. The van der Waals surface area contributed by atoms with Crippen LogP contribution in [0.1, 0.15) is 116 Å². The molecule has 0 unspecified atom stereocenters. The molecule has 0 aromatic rings. The summed E-state index contributed by atoms with van der Waals surface area (Å²) >= 11 is 0. The number of aliphatic carboxylic acids is 2. The number of unbranched alkanes of at least 4 members (excludes halogenated alkanes) is 15. The monoisotopic (exact) mass is 340 g/mol. The molecule has 0 aromatic carbocycles. The Bertz CT molecular complexity index is 272. The second kappa shape index (κ2) is 18.3. The van der Waals surface area contributed by atoms with Crippen molar-refractivity contribution in [2.24, 2.45) is 0 Å². The standard InChI is InChI=1S/C20H38O4/c21-19(22)17-15-13-11-9-7-5-3-1-2-4-6-8-10-12-14-16-18-20(23)24/h1-18H2,(H,21,22)(H,23,24)/p-2. The normalized spacial score (nSPS) is 10.8. The topological polar surface area (TPSA) is 80.3 Å². The fourth-order valence-corrected chi connectivity index (χ4v) is 3.01. The second-order valence-electron chi connectivity index (χ2n) is 6.90. The minimum Gasteiger partial charge on any atom is -0.550 e. The zero-order valence-corrected chi connectivity index (χ0v) is 15.4. The predicted molar refractivity (Wildman–Crippen MR) is 93.1 cm³/mol. The van der Waals surface area contributed by atoms with Crippen molar-refractivity contribution in [1.29, 1.82) is 0 Å². The minimum atomic E-state index is -0.925. The summed E-state index contributed by atoms with van der Waals surface area (Å²) in [6, 6.07) is 0. The van der Waals surface area contributed by atoms with Crippen LogP contribution in [0, 0.1) is 0 Å². The van der Waals surface area contributed by atoms with Crippen molar-refractivity contribution < 1.29 is 19.8 Å². The van der Waals surface area contributed by atoms with E-state index in [1.807, 2.05) is 0 Å². The quantitative estimate of drug-likeness (QED) is 0.337. The van der Waals surface area contributed by atoms with E-state index in [1.54, 1.807) is 0 Å². The van der Waals surface area contributed by atoms with E-state index in [4.69, 9.17) is 0 Å². The van der Waals surface area contributed by atoms with E-state index in [1.165, 1.54) is 64.2 Å². The first-order chi connectivity index (χ1) is 11.6. The predicted octanol–water partition coefficient (Wildman–Crippen LogP) is 3.51. The maximum Gasteiger partial charge on any atom is 0.0414 e. The van der Waals surface area contributed by atoms with Gasteiger partial charge in [0, 0.05) is 11.9 Å². The molecule has 0 spiro atoms. The maximum absolute atomic E-state index is 10.2. The van der Waals surface area contributed by atoms with Crippen LogP contribution in [0.4, 0.5) is 0 Å². The highest BCUT2D eigenvalue weighted by Crippen LogP contribution is 2.14. The molecule has 0 aliphatic heterocycles. The van der Waals surface area contributed by atoms with E-state index < -0.39 is 11.9 Å². The van der Waals surface area contributed by atoms with Gasteiger partial charge in [-0.05, 0) is 25.7 Å². The zero-order valence-electron chi connectivity index (χ0n) is 15.4. The number of carboxylic acid groups (broad SMARTS) is 2. The van der Waals surface area contributed by atoms with Crippen LogP contribution in [0.15, 0.2) is 0 Å². The van der Waals surface area contributed by atoms with Gasteiger partial charge in [-0.25, -0.2) is 0 Å². The molecule has 0 aromatic heterocycles. The first-order valence-electron chi connectivity index (χ1n) is 10.0. The van der Waals surface area contributed by atoms with Gasteiger partial charge in [-0.15, -0.1) is 0 Å². The van der Waals surface area contributed by atoms with Crippen molar-refractivity contribution >= 4 is 11.9 Å². The molecular formula is C20H36O4-2. The molecule has 0 aliphatic rings. The minimum absolute atomic E-state index is 0.208. The Morgan fingerprint density at radius 3 is 0.708 bits per heavy atom. The summed E-state index contributed by atoms with van der Waals surface area (Å²) in [7, 11) is 0. The largest absolute Gasteiger partial charge is 0.550 e. The van der Waals surface area contributed by atoms with Gasteiger partial charge in [-0.2, -0.15) is 0 Å². The second-order valence-corrected chi connectivity index (χ2v) is 6.90. The third kappa shape index (κ3) is 20.9. The van der Waals surface area contributed by atoms with Crippen molar-refractivity contribution in [3.05, 3.63) is 0 Å². The highest BCUT2D eigenvalue weighted by atomic mass is 16.4. The van der Waals surface area contributed by atoms with E-state index in [9.17, 15) is 19.8 Å². The Kier molecular flexibility index (Phi) is 17.5. The molecule has 0 amide bonds. The van der Waals surface area contributed by atoms with Crippen LogP contribution in [0.5, 0.6) is 0 Å². The molecule has 0 saturated heterocycles. The molecule has 0 fully saturated rings. The van der Waals surface area contributed by atoms with Gasteiger partial charge in [0.25, 0.3) is 0 Å². The number of hydrogen-bond donors (Lipinski definition) is 0. The van der Waals surface area contributed by atoms with Crippen molar-refractivity contribution in [3.8, 4) is 0 Å². The summed E-state index contributed by atoms with van der Waals surface area (Å²) in [6.45, 7) is 0. The van der Waals surface area contributed by atoms with E-state index in [0.29, 0.717) is 0 Å². The average Bonchev–Trinajstić information content (AvgIpc) is 2.53. The molecule has 0 N–H and O–H groups in total. The molecule has 24 heavy (non-hydrogen) atoms. The molecule has 0 aliphatic carbocycles. The highest BCUT2D eigenvalue weighted by molar-refractivity contribution is 5.64. The third-order valence-electron chi connectivity index (χ3n) is 4.51. The Balaban J connectivity index is 3.00. The zero-order chi connectivity index (χ0) is 17.9. The Labute approximate surface area is 148 Å². The van der Waals surface area contributed by atoms with Crippen LogP contribution in [-0.4, -0.2) is 11.9 Å². The van der Waals surface area contributed by atoms with Gasteiger partial charge in [-0.3, -0.25) is 0 Å². The lowest BCUT2D eigenvalue weighted by atomic mass is 10.0. The van der Waals surface area contributed by atoms with Crippen LogP contribution >= 0.6 is 0 Å². The molecule has 0 atom stereocenters. The number of carbonyl (C=O) groups is 2. The highest BCUT2D eigenvalue weighted by Gasteiger charge is 1.95. The van der Waals surface area contributed by atoms with Crippen LogP contribution in [-0.2, 0) is 9.59 Å². The first kappa shape index (κ1) is 22.9. The van der Waals surface area contributed by atoms with E-state index >= 15 is 0 Å². The van der Waals surface area contributed by atoms with Crippen LogP contribution in [0.25, 0.3) is 0 Å². The number of carboxylic acids is 2. The molecule has 0 radical (unpaired) electrons. The van der Waals surface area contributed by atoms with Gasteiger partial charge >= 0.3 is 0 Å². The van der Waals surface area contributed by atoms with E-state index in [0.717, 1.165) is 38.5 Å². The SMILES string of the molecule is O=C([O-])CCCCCCCCCCCCCCCCCCC(=O)[O-]. The van der Waals surface area contributed by atoms with Crippen molar-refractivity contribution in [2.75, 3.05) is 0 Å². The molecule has 4 heteroatoms. The maximum atomic E-state index is 10.2. The summed E-state index contributed by atoms with van der Waals surface area (Å²) in [5.74, 6) is -1.85. The van der Waals surface area contributed by atoms with Crippen molar-refractivity contribution in [1.82, 2.24) is 0 Å². The summed E-state index contributed by atoms with van der Waals surface area (Å²) in [5, 5.41) is 20.5. The summed E-state index contributed by atoms with van der Waals surface area (Å²) < 4.78 is 0. The van der Waals surface area contributed by atoms with Gasteiger partial charge in [0.2, 0.25) is 0 Å². The van der Waals surface area contributed by atoms with Crippen molar-refractivity contribution in [2.45, 2.75) is 116 Å². The molecular weight excluding hydrogens is 304 g/mol. The smallest absolute Gasteiger partial charge is 0.0414 e. The van der Waals surface area contributed by atoms with E-state index in [-0.39, 0.29) is 12.8 Å². The molecule has 0 bridgehead atoms. The lowest BCUT2D eigenvalue weighted by Gasteiger charge is -2.04. The van der Waals surface area contributed by atoms with Gasteiger partial charge in [0.1, 0.15) is 0 Å². The van der Waals surface area contributed by atoms with Gasteiger partial charge < -0.3 is 19.8 Å². The first-order valence-corrected chi connectivity index (χ1v) is 10.0. The number of hydrogen-bond acceptors (Lipinski definition) is 4. The molecule has 0 saturated carbocycles. The van der Waals surface area contributed by atoms with Gasteiger partial charge in [-0.1, -0.05) is 89.9 Å². The Morgan fingerprint density at radius 2 is 0.542 bits per heavy atom. The number of carbonyl (C=O) groups excluding carboxylic acids is 2. The number of rotatable bonds is 19. The summed E-state index contributed by atoms with van der Waals surface area (Å²) in [4.78, 5) is 20.5. The molecule has 142 valence electrons. The average molecular weight is 341 g/mol. The Morgan fingerprint density at radius 1 is 0.375 bits per heavy atom. The van der Waals surface area contributed by atoms with Gasteiger partial charge in [0.05, 0.1) is 0 Å². The van der Waals surface area contributed by atoms with Crippen LogP contribution in [0.3, 0.4) is 0 Å². The Hall–Kier alpha value is -1.06. The third-order valence-corrected chi connectivity index (χ3v) is 4.51. The lowest BCUT2D eigenvalue weighted by molar-refractivity contribution is -0.307. The van der Waals surface area contributed by atoms with Crippen LogP contribution < -0.4 is 10.2 Å².